The highest BCUT2D eigenvalue weighted by atomic mass is 79.9. The van der Waals surface area contributed by atoms with Gasteiger partial charge >= 0.3 is 0 Å². The summed E-state index contributed by atoms with van der Waals surface area (Å²) < 4.78 is 0.442. The van der Waals surface area contributed by atoms with Crippen molar-refractivity contribution in [1.29, 1.82) is 0 Å². The number of H-pyrrole nitrogens is 1. The summed E-state index contributed by atoms with van der Waals surface area (Å²) in [4.78, 5) is 28.0. The minimum absolute atomic E-state index is 0.0564. The molecule has 2 aromatic carbocycles. The van der Waals surface area contributed by atoms with Gasteiger partial charge in [-0.3, -0.25) is 19.6 Å². The fourth-order valence-electron chi connectivity index (χ4n) is 4.49. The first-order valence-electron chi connectivity index (χ1n) is 10.9. The number of ketones is 1. The van der Waals surface area contributed by atoms with Gasteiger partial charge in [0.2, 0.25) is 0 Å². The quantitative estimate of drug-likeness (QED) is 0.316. The molecule has 5 rings (SSSR count). The number of hydrogen-bond acceptors (Lipinski definition) is 5. The van der Waals surface area contributed by atoms with Crippen molar-refractivity contribution >= 4 is 45.0 Å². The van der Waals surface area contributed by atoms with Gasteiger partial charge in [-0.25, -0.2) is 0 Å². The van der Waals surface area contributed by atoms with Crippen molar-refractivity contribution in [3.63, 3.8) is 0 Å². The van der Waals surface area contributed by atoms with Gasteiger partial charge in [-0.2, -0.15) is 5.10 Å². The Morgan fingerprint density at radius 2 is 1.91 bits per heavy atom. The lowest BCUT2D eigenvalue weighted by Crippen LogP contribution is -2.23. The first-order valence-corrected chi connectivity index (χ1v) is 12.0. The van der Waals surface area contributed by atoms with Crippen LogP contribution >= 0.6 is 27.5 Å². The number of carbonyl (C=O) groups excluding carboxylic acids is 2. The van der Waals surface area contributed by atoms with Crippen LogP contribution in [0.2, 0.25) is 5.02 Å². The van der Waals surface area contributed by atoms with Crippen molar-refractivity contribution in [1.82, 2.24) is 20.4 Å². The molecule has 2 fully saturated rings. The van der Waals surface area contributed by atoms with Crippen molar-refractivity contribution < 1.29 is 9.59 Å². The normalized spacial score (nSPS) is 22.3. The lowest BCUT2D eigenvalue weighted by atomic mass is 10.00. The van der Waals surface area contributed by atoms with Crippen LogP contribution in [0.25, 0.3) is 0 Å². The van der Waals surface area contributed by atoms with E-state index in [4.69, 9.17) is 11.6 Å². The zero-order valence-corrected chi connectivity index (χ0v) is 20.1. The van der Waals surface area contributed by atoms with Crippen LogP contribution in [0.1, 0.15) is 32.8 Å². The number of aromatic amines is 1. The predicted molar refractivity (Wildman–Crippen MR) is 131 cm³/mol. The molecule has 2 aliphatic heterocycles. The molecular weight excluding hydrogens is 506 g/mol. The number of amides is 1. The Bertz CT molecular complexity index is 1180. The maximum absolute atomic E-state index is 13.1. The molecule has 3 heterocycles. The van der Waals surface area contributed by atoms with Crippen LogP contribution in [0.3, 0.4) is 0 Å². The summed E-state index contributed by atoms with van der Waals surface area (Å²) in [7, 11) is 0. The Hall–Kier alpha value is -2.52. The van der Waals surface area contributed by atoms with Crippen LogP contribution in [0, 0.1) is 5.92 Å². The summed E-state index contributed by atoms with van der Waals surface area (Å²) in [6.45, 7) is 2.94. The topological polar surface area (TPSA) is 100 Å². The van der Waals surface area contributed by atoms with Crippen molar-refractivity contribution in [3.8, 4) is 0 Å². The van der Waals surface area contributed by atoms with Gasteiger partial charge in [-0.15, -0.1) is 0 Å². The molecular formula is C24H23BrClN5O2. The minimum Gasteiger partial charge on any atom is -0.304 e. The first-order chi connectivity index (χ1) is 16.0. The van der Waals surface area contributed by atoms with E-state index in [-0.39, 0.29) is 23.7 Å². The Morgan fingerprint density at radius 3 is 2.70 bits per heavy atom. The Morgan fingerprint density at radius 1 is 1.15 bits per heavy atom. The molecule has 9 heteroatoms. The molecule has 170 valence electrons. The number of benzene rings is 2. The monoisotopic (exact) mass is 527 g/mol. The zero-order valence-electron chi connectivity index (χ0n) is 17.7. The van der Waals surface area contributed by atoms with E-state index in [9.17, 15) is 9.59 Å². The van der Waals surface area contributed by atoms with Crippen LogP contribution in [-0.2, 0) is 6.54 Å². The summed E-state index contributed by atoms with van der Waals surface area (Å²) in [6.07, 6.45) is 1.07. The maximum atomic E-state index is 13.1. The van der Waals surface area contributed by atoms with Gasteiger partial charge in [-0.05, 0) is 52.5 Å². The molecule has 3 aromatic rings. The van der Waals surface area contributed by atoms with E-state index >= 15 is 0 Å². The molecule has 0 radical (unpaired) electrons. The molecule has 7 nitrogen and oxygen atoms in total. The van der Waals surface area contributed by atoms with Crippen molar-refractivity contribution in [2.45, 2.75) is 25.0 Å². The molecule has 1 aromatic heterocycles. The second-order valence-corrected chi connectivity index (χ2v) is 9.70. The molecule has 0 aliphatic carbocycles. The van der Waals surface area contributed by atoms with Crippen LogP contribution in [0.4, 0.5) is 5.82 Å². The Kier molecular flexibility index (Phi) is 6.34. The number of halogens is 2. The predicted octanol–water partition coefficient (Wildman–Crippen LogP) is 4.12. The van der Waals surface area contributed by atoms with E-state index < -0.39 is 5.91 Å². The largest absolute Gasteiger partial charge is 0.304 e. The van der Waals surface area contributed by atoms with Gasteiger partial charge in [0.25, 0.3) is 5.91 Å². The van der Waals surface area contributed by atoms with Gasteiger partial charge < -0.3 is 10.6 Å². The highest BCUT2D eigenvalue weighted by Gasteiger charge is 2.49. The van der Waals surface area contributed by atoms with Crippen LogP contribution in [0.5, 0.6) is 0 Å². The van der Waals surface area contributed by atoms with E-state index in [0.717, 1.165) is 26.1 Å². The molecule has 33 heavy (non-hydrogen) atoms. The first kappa shape index (κ1) is 22.3. The zero-order chi connectivity index (χ0) is 22.9. The molecule has 0 spiro atoms. The van der Waals surface area contributed by atoms with Crippen LogP contribution in [-0.4, -0.2) is 52.0 Å². The molecule has 2 saturated heterocycles. The molecule has 2 aliphatic rings. The van der Waals surface area contributed by atoms with Gasteiger partial charge in [0.1, 0.15) is 5.69 Å². The average molecular weight is 529 g/mol. The fraction of sp³-hybridized carbons (Fsp3) is 0.292. The summed E-state index contributed by atoms with van der Waals surface area (Å²) in [5, 5.41) is 13.3. The molecule has 1 amide bonds. The van der Waals surface area contributed by atoms with Crippen molar-refractivity contribution in [2.75, 3.05) is 18.4 Å². The number of Topliss-reactive ketones (excluding diaryl/α,β-unsaturated/α-hetero) is 1. The van der Waals surface area contributed by atoms with Gasteiger partial charge in [-0.1, -0.05) is 54.1 Å². The van der Waals surface area contributed by atoms with E-state index in [0.29, 0.717) is 26.7 Å². The van der Waals surface area contributed by atoms with Gasteiger partial charge in [0, 0.05) is 19.1 Å². The van der Waals surface area contributed by atoms with E-state index in [1.165, 1.54) is 5.56 Å². The van der Waals surface area contributed by atoms with Crippen molar-refractivity contribution in [2.24, 2.45) is 5.92 Å². The highest BCUT2D eigenvalue weighted by Crippen LogP contribution is 2.34. The number of nitrogens with one attached hydrogen (secondary N) is 3. The second kappa shape index (κ2) is 9.38. The highest BCUT2D eigenvalue weighted by molar-refractivity contribution is 9.10. The third kappa shape index (κ3) is 4.75. The third-order valence-corrected chi connectivity index (χ3v) is 7.38. The summed E-state index contributed by atoms with van der Waals surface area (Å²) in [5.74, 6) is 0.247. The molecule has 3 atom stereocenters. The lowest BCUT2D eigenvalue weighted by molar-refractivity contribution is 0.0978. The second-order valence-electron chi connectivity index (χ2n) is 8.50. The number of nitrogens with zero attached hydrogens (tertiary/aromatic N) is 2. The molecule has 2 unspecified atom stereocenters. The molecule has 3 N–H and O–H groups in total. The lowest BCUT2D eigenvalue weighted by Gasteiger charge is -2.15. The van der Waals surface area contributed by atoms with Crippen LogP contribution < -0.4 is 10.6 Å². The van der Waals surface area contributed by atoms with Crippen molar-refractivity contribution in [3.05, 3.63) is 80.9 Å². The number of aromatic nitrogens is 2. The SMILES string of the molecule is O=C(Nc1n[nH]c(C(=O)C2NC2[C@H]2CCN(Cc3ccccc3)C2)c1Br)c1ccccc1Cl. The van der Waals surface area contributed by atoms with E-state index in [1.807, 2.05) is 6.07 Å². The molecule has 0 saturated carbocycles. The minimum atomic E-state index is -0.390. The Labute approximate surface area is 205 Å². The average Bonchev–Trinajstić information content (AvgIpc) is 3.36. The summed E-state index contributed by atoms with van der Waals surface area (Å²) >= 11 is 9.52. The third-order valence-electron chi connectivity index (χ3n) is 6.27. The standard InChI is InChI=1S/C24H23BrClN5O2/c25-18-20(29-30-23(18)28-24(33)16-8-4-5-9-17(16)26)22(32)21-19(27-21)15-10-11-31(13-15)12-14-6-2-1-3-7-14/h1-9,15,19,21,27H,10-13H2,(H2,28,29,30,33)/t15-,19?,21?/m0/s1. The summed E-state index contributed by atoms with van der Waals surface area (Å²) in [6, 6.07) is 17.1. The van der Waals surface area contributed by atoms with E-state index in [2.05, 4.69) is 65.9 Å². The Balaban J connectivity index is 1.19. The molecule has 0 bridgehead atoms. The number of hydrogen-bond donors (Lipinski definition) is 3. The maximum Gasteiger partial charge on any atom is 0.258 e. The van der Waals surface area contributed by atoms with Gasteiger partial charge in [0.15, 0.2) is 11.6 Å². The number of likely N-dealkylation sites (tertiary alicyclic amines) is 1. The number of anilines is 1. The number of carbonyl (C=O) groups is 2. The fourth-order valence-corrected chi connectivity index (χ4v) is 5.18. The smallest absolute Gasteiger partial charge is 0.258 e. The number of rotatable bonds is 7. The summed E-state index contributed by atoms with van der Waals surface area (Å²) in [5.41, 5.74) is 2.00. The van der Waals surface area contributed by atoms with Crippen LogP contribution in [0.15, 0.2) is 59.1 Å². The van der Waals surface area contributed by atoms with Gasteiger partial charge in [0.05, 0.1) is 21.1 Å². The van der Waals surface area contributed by atoms with E-state index in [1.54, 1.807) is 24.3 Å².